The summed E-state index contributed by atoms with van der Waals surface area (Å²) in [5.74, 6) is 1.94. The van der Waals surface area contributed by atoms with Crippen LogP contribution in [0.2, 0.25) is 0 Å². The molecule has 0 saturated heterocycles. The van der Waals surface area contributed by atoms with Crippen molar-refractivity contribution in [1.29, 1.82) is 0 Å². The van der Waals surface area contributed by atoms with Crippen molar-refractivity contribution < 1.29 is 9.15 Å². The molecule has 3 heteroatoms. The van der Waals surface area contributed by atoms with Crippen LogP contribution >= 0.6 is 0 Å². The van der Waals surface area contributed by atoms with E-state index in [2.05, 4.69) is 52.1 Å². The molecule has 0 saturated carbocycles. The smallest absolute Gasteiger partial charge is 0.125 e. The zero-order valence-corrected chi connectivity index (χ0v) is 13.6. The van der Waals surface area contributed by atoms with Crippen molar-refractivity contribution in [3.63, 3.8) is 0 Å². The van der Waals surface area contributed by atoms with E-state index >= 15 is 0 Å². The average molecular weight is 287 g/mol. The summed E-state index contributed by atoms with van der Waals surface area (Å²) in [6.07, 6.45) is 1.73. The van der Waals surface area contributed by atoms with E-state index in [1.807, 2.05) is 6.07 Å². The number of rotatable bonds is 6. The van der Waals surface area contributed by atoms with Crippen molar-refractivity contribution in [2.24, 2.45) is 0 Å². The molecule has 1 aromatic carbocycles. The largest absolute Gasteiger partial charge is 0.488 e. The molecule has 0 aliphatic carbocycles. The summed E-state index contributed by atoms with van der Waals surface area (Å²) >= 11 is 0. The maximum Gasteiger partial charge on any atom is 0.125 e. The van der Waals surface area contributed by atoms with E-state index in [9.17, 15) is 0 Å². The fraction of sp³-hybridized carbons (Fsp3) is 0.444. The second kappa shape index (κ2) is 6.81. The first-order chi connectivity index (χ1) is 9.99. The van der Waals surface area contributed by atoms with E-state index < -0.39 is 0 Å². The van der Waals surface area contributed by atoms with E-state index in [1.165, 1.54) is 16.7 Å². The highest BCUT2D eigenvalue weighted by atomic mass is 16.5. The number of benzene rings is 1. The summed E-state index contributed by atoms with van der Waals surface area (Å²) < 4.78 is 11.6. The summed E-state index contributed by atoms with van der Waals surface area (Å²) in [6.45, 7) is 11.8. The van der Waals surface area contributed by atoms with Gasteiger partial charge in [0.05, 0.1) is 12.8 Å². The molecule has 1 aromatic heterocycles. The minimum Gasteiger partial charge on any atom is -0.488 e. The van der Waals surface area contributed by atoms with E-state index in [0.717, 1.165) is 23.6 Å². The Bertz CT molecular complexity index is 599. The SMILES string of the molecule is Cc1ccc(C)c(OCc2ccoc2CNC(C)C)c1C. The Morgan fingerprint density at radius 2 is 1.81 bits per heavy atom. The summed E-state index contributed by atoms with van der Waals surface area (Å²) in [4.78, 5) is 0. The molecule has 2 aromatic rings. The first kappa shape index (κ1) is 15.6. The van der Waals surface area contributed by atoms with Crippen LogP contribution in [-0.4, -0.2) is 6.04 Å². The Morgan fingerprint density at radius 1 is 1.10 bits per heavy atom. The van der Waals surface area contributed by atoms with Gasteiger partial charge >= 0.3 is 0 Å². The van der Waals surface area contributed by atoms with Gasteiger partial charge in [-0.1, -0.05) is 26.0 Å². The number of nitrogens with one attached hydrogen (secondary N) is 1. The number of ether oxygens (including phenoxy) is 1. The van der Waals surface area contributed by atoms with Crippen molar-refractivity contribution in [3.8, 4) is 5.75 Å². The van der Waals surface area contributed by atoms with Gasteiger partial charge in [-0.2, -0.15) is 0 Å². The van der Waals surface area contributed by atoms with Gasteiger partial charge in [-0.3, -0.25) is 0 Å². The molecule has 0 bridgehead atoms. The standard InChI is InChI=1S/C18H25NO2/c1-12(2)19-10-17-16(8-9-20-17)11-21-18-14(4)7-6-13(3)15(18)5/h6-9,12,19H,10-11H2,1-5H3. The molecule has 3 nitrogen and oxygen atoms in total. The molecule has 2 rings (SSSR count). The van der Waals surface area contributed by atoms with Gasteiger partial charge in [-0.15, -0.1) is 0 Å². The molecule has 0 amide bonds. The second-order valence-electron chi connectivity index (χ2n) is 5.85. The van der Waals surface area contributed by atoms with Crippen molar-refractivity contribution >= 4 is 0 Å². The van der Waals surface area contributed by atoms with E-state index in [1.54, 1.807) is 6.26 Å². The number of furan rings is 1. The summed E-state index contributed by atoms with van der Waals surface area (Å²) in [5, 5.41) is 3.37. The summed E-state index contributed by atoms with van der Waals surface area (Å²) in [6, 6.07) is 6.66. The van der Waals surface area contributed by atoms with Crippen LogP contribution in [0.25, 0.3) is 0 Å². The van der Waals surface area contributed by atoms with Crippen LogP contribution < -0.4 is 10.1 Å². The first-order valence-corrected chi connectivity index (χ1v) is 7.47. The Labute approximate surface area is 127 Å². The molecule has 0 aliphatic heterocycles. The van der Waals surface area contributed by atoms with Crippen LogP contribution in [0.4, 0.5) is 0 Å². The third-order valence-corrected chi connectivity index (χ3v) is 3.75. The lowest BCUT2D eigenvalue weighted by Crippen LogP contribution is -2.22. The molecular formula is C18H25NO2. The Kier molecular flexibility index (Phi) is 5.07. The maximum absolute atomic E-state index is 6.05. The predicted octanol–water partition coefficient (Wildman–Crippen LogP) is 4.28. The topological polar surface area (TPSA) is 34.4 Å². The molecule has 0 fully saturated rings. The van der Waals surface area contributed by atoms with Gasteiger partial charge in [0.2, 0.25) is 0 Å². The Hall–Kier alpha value is -1.74. The minimum absolute atomic E-state index is 0.435. The first-order valence-electron chi connectivity index (χ1n) is 7.47. The molecule has 21 heavy (non-hydrogen) atoms. The fourth-order valence-corrected chi connectivity index (χ4v) is 2.25. The number of hydrogen-bond acceptors (Lipinski definition) is 3. The van der Waals surface area contributed by atoms with Gasteiger partial charge in [-0.05, 0) is 43.5 Å². The lowest BCUT2D eigenvalue weighted by Gasteiger charge is -2.14. The minimum atomic E-state index is 0.435. The highest BCUT2D eigenvalue weighted by Gasteiger charge is 2.11. The van der Waals surface area contributed by atoms with Gasteiger partial charge in [-0.25, -0.2) is 0 Å². The van der Waals surface area contributed by atoms with Crippen molar-refractivity contribution in [1.82, 2.24) is 5.32 Å². The summed E-state index contributed by atoms with van der Waals surface area (Å²) in [5.41, 5.74) is 4.73. The van der Waals surface area contributed by atoms with Crippen LogP contribution in [0, 0.1) is 20.8 Å². The fourth-order valence-electron chi connectivity index (χ4n) is 2.25. The molecule has 114 valence electrons. The normalized spacial score (nSPS) is 11.1. The molecular weight excluding hydrogens is 262 g/mol. The van der Waals surface area contributed by atoms with Crippen LogP contribution in [0.1, 0.15) is 41.9 Å². The molecule has 0 spiro atoms. The monoisotopic (exact) mass is 287 g/mol. The summed E-state index contributed by atoms with van der Waals surface area (Å²) in [7, 11) is 0. The molecule has 0 atom stereocenters. The van der Waals surface area contributed by atoms with E-state index in [4.69, 9.17) is 9.15 Å². The second-order valence-corrected chi connectivity index (χ2v) is 5.85. The van der Waals surface area contributed by atoms with Crippen molar-refractivity contribution in [3.05, 3.63) is 52.5 Å². The highest BCUT2D eigenvalue weighted by Crippen LogP contribution is 2.27. The zero-order valence-electron chi connectivity index (χ0n) is 13.6. The molecule has 1 heterocycles. The Balaban J connectivity index is 2.07. The maximum atomic E-state index is 6.05. The quantitative estimate of drug-likeness (QED) is 0.861. The lowest BCUT2D eigenvalue weighted by molar-refractivity contribution is 0.296. The van der Waals surface area contributed by atoms with Crippen LogP contribution in [0.3, 0.4) is 0 Å². The number of hydrogen-bond donors (Lipinski definition) is 1. The zero-order chi connectivity index (χ0) is 15.4. The van der Waals surface area contributed by atoms with Gasteiger partial charge in [0.25, 0.3) is 0 Å². The van der Waals surface area contributed by atoms with Gasteiger partial charge < -0.3 is 14.5 Å². The average Bonchev–Trinajstić information content (AvgIpc) is 2.88. The van der Waals surface area contributed by atoms with Gasteiger partial charge in [0, 0.05) is 11.6 Å². The highest BCUT2D eigenvalue weighted by molar-refractivity contribution is 5.44. The lowest BCUT2D eigenvalue weighted by atomic mass is 10.1. The van der Waals surface area contributed by atoms with Crippen LogP contribution in [0.15, 0.2) is 28.9 Å². The van der Waals surface area contributed by atoms with Crippen LogP contribution in [-0.2, 0) is 13.2 Å². The molecule has 0 aliphatic rings. The van der Waals surface area contributed by atoms with E-state index in [0.29, 0.717) is 12.6 Å². The van der Waals surface area contributed by atoms with Crippen LogP contribution in [0.5, 0.6) is 5.75 Å². The van der Waals surface area contributed by atoms with Gasteiger partial charge in [0.1, 0.15) is 18.1 Å². The molecule has 0 unspecified atom stereocenters. The third kappa shape index (κ3) is 3.88. The van der Waals surface area contributed by atoms with Crippen molar-refractivity contribution in [2.45, 2.75) is 53.8 Å². The van der Waals surface area contributed by atoms with Gasteiger partial charge in [0.15, 0.2) is 0 Å². The Morgan fingerprint density at radius 3 is 2.52 bits per heavy atom. The predicted molar refractivity (Wildman–Crippen MR) is 85.7 cm³/mol. The van der Waals surface area contributed by atoms with Crippen molar-refractivity contribution in [2.75, 3.05) is 0 Å². The third-order valence-electron chi connectivity index (χ3n) is 3.75. The number of aryl methyl sites for hydroxylation is 2. The molecule has 1 N–H and O–H groups in total. The van der Waals surface area contributed by atoms with E-state index in [-0.39, 0.29) is 0 Å². The molecule has 0 radical (unpaired) electrons.